The Balaban J connectivity index is 1.40. The smallest absolute Gasteiger partial charge is 0.275 e. The molecule has 0 spiro atoms. The summed E-state index contributed by atoms with van der Waals surface area (Å²) in [6, 6.07) is 25.2. The van der Waals surface area contributed by atoms with Crippen LogP contribution in [0.25, 0.3) is 6.08 Å². The van der Waals surface area contributed by atoms with Crippen molar-refractivity contribution in [1.29, 1.82) is 0 Å². The molecule has 1 amide bonds. The Labute approximate surface area is 184 Å². The van der Waals surface area contributed by atoms with Crippen molar-refractivity contribution in [3.8, 4) is 5.75 Å². The van der Waals surface area contributed by atoms with Gasteiger partial charge in [-0.05, 0) is 47.0 Å². The summed E-state index contributed by atoms with van der Waals surface area (Å²) < 4.78 is 5.86. The molecule has 0 saturated heterocycles. The first-order chi connectivity index (χ1) is 14.7. The molecule has 0 aromatic heterocycles. The number of carbonyl (C=O) groups excluding carboxylic acids is 1. The van der Waals surface area contributed by atoms with Crippen molar-refractivity contribution in [1.82, 2.24) is 5.32 Å². The summed E-state index contributed by atoms with van der Waals surface area (Å²) in [4.78, 5) is 16.7. The summed E-state index contributed by atoms with van der Waals surface area (Å²) in [7, 11) is 0. The first-order valence-corrected chi connectivity index (χ1v) is 10.8. The van der Waals surface area contributed by atoms with Crippen molar-refractivity contribution in [3.05, 3.63) is 106 Å². The second-order valence-electron chi connectivity index (χ2n) is 6.66. The Kier molecular flexibility index (Phi) is 6.52. The fourth-order valence-corrected chi connectivity index (χ4v) is 3.79. The fourth-order valence-electron chi connectivity index (χ4n) is 2.84. The van der Waals surface area contributed by atoms with Gasteiger partial charge in [0.2, 0.25) is 0 Å². The number of thioether (sulfide) groups is 1. The van der Waals surface area contributed by atoms with Gasteiger partial charge in [0.05, 0.1) is 0 Å². The topological polar surface area (TPSA) is 50.7 Å². The van der Waals surface area contributed by atoms with Crippen LogP contribution in [-0.4, -0.2) is 11.1 Å². The molecule has 0 saturated carbocycles. The van der Waals surface area contributed by atoms with Crippen LogP contribution in [0.15, 0.2) is 89.6 Å². The molecular formula is C24H19ClN2O2S. The predicted molar refractivity (Wildman–Crippen MR) is 124 cm³/mol. The van der Waals surface area contributed by atoms with E-state index in [0.717, 1.165) is 22.6 Å². The molecule has 1 heterocycles. The normalized spacial score (nSPS) is 14.5. The van der Waals surface area contributed by atoms with Crippen molar-refractivity contribution >= 4 is 40.5 Å². The molecular weight excluding hydrogens is 416 g/mol. The number of aliphatic imine (C=N–C) groups is 1. The third kappa shape index (κ3) is 5.53. The van der Waals surface area contributed by atoms with Gasteiger partial charge in [0, 0.05) is 10.8 Å². The summed E-state index contributed by atoms with van der Waals surface area (Å²) in [6.45, 7) is 0.441. The third-order valence-electron chi connectivity index (χ3n) is 4.37. The summed E-state index contributed by atoms with van der Waals surface area (Å²) >= 11 is 7.42. The Morgan fingerprint density at radius 3 is 2.57 bits per heavy atom. The minimum Gasteiger partial charge on any atom is -0.489 e. The predicted octanol–water partition coefficient (Wildman–Crippen LogP) is 5.68. The Morgan fingerprint density at radius 2 is 1.77 bits per heavy atom. The van der Waals surface area contributed by atoms with Crippen molar-refractivity contribution < 1.29 is 9.53 Å². The van der Waals surface area contributed by atoms with Crippen LogP contribution >= 0.6 is 23.4 Å². The van der Waals surface area contributed by atoms with Gasteiger partial charge in [-0.1, -0.05) is 78.0 Å². The van der Waals surface area contributed by atoms with Crippen LogP contribution in [0.4, 0.5) is 0 Å². The maximum Gasteiger partial charge on any atom is 0.275 e. The van der Waals surface area contributed by atoms with E-state index in [1.807, 2.05) is 66.7 Å². The van der Waals surface area contributed by atoms with E-state index < -0.39 is 0 Å². The zero-order chi connectivity index (χ0) is 20.8. The first kappa shape index (κ1) is 20.3. The number of amidine groups is 1. The number of nitrogens with one attached hydrogen (secondary N) is 1. The molecule has 4 nitrogen and oxygen atoms in total. The Bertz CT molecular complexity index is 1100. The highest BCUT2D eigenvalue weighted by Crippen LogP contribution is 2.22. The molecule has 1 aliphatic rings. The van der Waals surface area contributed by atoms with Gasteiger partial charge in [-0.3, -0.25) is 10.1 Å². The molecule has 0 fully saturated rings. The van der Waals surface area contributed by atoms with E-state index in [0.29, 0.717) is 22.5 Å². The van der Waals surface area contributed by atoms with Gasteiger partial charge in [0.25, 0.3) is 5.91 Å². The van der Waals surface area contributed by atoms with E-state index in [1.54, 1.807) is 6.08 Å². The van der Waals surface area contributed by atoms with E-state index in [2.05, 4.69) is 22.4 Å². The molecule has 150 valence electrons. The quantitative estimate of drug-likeness (QED) is 0.508. The van der Waals surface area contributed by atoms with Crippen LogP contribution in [-0.2, 0) is 17.2 Å². The highest BCUT2D eigenvalue weighted by atomic mass is 35.5. The number of amides is 1. The zero-order valence-corrected chi connectivity index (χ0v) is 17.6. The van der Waals surface area contributed by atoms with E-state index in [1.165, 1.54) is 17.3 Å². The van der Waals surface area contributed by atoms with Gasteiger partial charge >= 0.3 is 0 Å². The number of halogens is 1. The van der Waals surface area contributed by atoms with Gasteiger partial charge in [0.1, 0.15) is 18.1 Å². The van der Waals surface area contributed by atoms with Crippen molar-refractivity contribution in [2.45, 2.75) is 12.4 Å². The monoisotopic (exact) mass is 434 g/mol. The number of hydrogen-bond acceptors (Lipinski definition) is 4. The average Bonchev–Trinajstić information content (AvgIpc) is 3.12. The maximum absolute atomic E-state index is 12.3. The summed E-state index contributed by atoms with van der Waals surface area (Å²) in [5.74, 6) is 1.28. The highest BCUT2D eigenvalue weighted by Gasteiger charge is 2.20. The molecule has 0 bridgehead atoms. The van der Waals surface area contributed by atoms with Gasteiger partial charge in [-0.25, -0.2) is 4.99 Å². The van der Waals surface area contributed by atoms with Crippen LogP contribution in [0.2, 0.25) is 5.02 Å². The first-order valence-electron chi connectivity index (χ1n) is 9.41. The Morgan fingerprint density at radius 1 is 0.967 bits per heavy atom. The molecule has 6 heteroatoms. The molecule has 1 N–H and O–H groups in total. The van der Waals surface area contributed by atoms with E-state index in [-0.39, 0.29) is 5.91 Å². The highest BCUT2D eigenvalue weighted by molar-refractivity contribution is 8.13. The van der Waals surface area contributed by atoms with Gasteiger partial charge in [-0.2, -0.15) is 0 Å². The molecule has 0 atom stereocenters. The van der Waals surface area contributed by atoms with Crippen molar-refractivity contribution in [2.75, 3.05) is 0 Å². The van der Waals surface area contributed by atoms with Crippen LogP contribution in [0.5, 0.6) is 5.75 Å². The van der Waals surface area contributed by atoms with Crippen molar-refractivity contribution in [3.63, 3.8) is 0 Å². The number of benzene rings is 3. The number of ether oxygens (including phenoxy) is 1. The lowest BCUT2D eigenvalue weighted by molar-refractivity contribution is -0.115. The van der Waals surface area contributed by atoms with Crippen LogP contribution in [0.3, 0.4) is 0 Å². The Hall–Kier alpha value is -3.02. The third-order valence-corrected chi connectivity index (χ3v) is 5.57. The summed E-state index contributed by atoms with van der Waals surface area (Å²) in [5.41, 5.74) is 3.46. The van der Waals surface area contributed by atoms with Crippen molar-refractivity contribution in [2.24, 2.45) is 4.99 Å². The number of rotatable bonds is 6. The van der Waals surface area contributed by atoms with E-state index in [9.17, 15) is 4.79 Å². The zero-order valence-electron chi connectivity index (χ0n) is 16.0. The minimum absolute atomic E-state index is 0.196. The van der Waals surface area contributed by atoms with Gasteiger partial charge in [0.15, 0.2) is 5.17 Å². The number of carbonyl (C=O) groups is 1. The van der Waals surface area contributed by atoms with E-state index in [4.69, 9.17) is 16.3 Å². The van der Waals surface area contributed by atoms with Crippen LogP contribution in [0.1, 0.15) is 16.7 Å². The molecule has 1 aliphatic heterocycles. The average molecular weight is 435 g/mol. The van der Waals surface area contributed by atoms with Crippen LogP contribution in [0, 0.1) is 0 Å². The lowest BCUT2D eigenvalue weighted by Gasteiger charge is -2.07. The van der Waals surface area contributed by atoms with Gasteiger partial charge < -0.3 is 4.74 Å². The molecule has 3 aromatic carbocycles. The second kappa shape index (κ2) is 9.65. The largest absolute Gasteiger partial charge is 0.489 e. The summed E-state index contributed by atoms with van der Waals surface area (Å²) in [6.07, 6.45) is 1.76. The number of hydrogen-bond donors (Lipinski definition) is 1. The lowest BCUT2D eigenvalue weighted by Crippen LogP contribution is -2.21. The molecule has 0 unspecified atom stereocenters. The minimum atomic E-state index is -0.196. The van der Waals surface area contributed by atoms with E-state index >= 15 is 0 Å². The molecule has 0 radical (unpaired) electrons. The SMILES string of the molecule is O=C1NC(SCc2ccccc2)=N/C1=C/c1cccc(OCc2ccc(Cl)cc2)c1. The molecule has 4 rings (SSSR count). The molecule has 3 aromatic rings. The standard InChI is InChI=1S/C24H19ClN2O2S/c25-20-11-9-17(10-12-20)15-29-21-8-4-7-19(13-21)14-22-23(28)27-24(26-22)30-16-18-5-2-1-3-6-18/h1-14H,15-16H2,(H,26,27,28)/b22-14+. The summed E-state index contributed by atoms with van der Waals surface area (Å²) in [5, 5.41) is 4.14. The lowest BCUT2D eigenvalue weighted by atomic mass is 10.2. The molecule has 30 heavy (non-hydrogen) atoms. The maximum atomic E-state index is 12.3. The fraction of sp³-hybridized carbons (Fsp3) is 0.0833. The number of nitrogens with zero attached hydrogens (tertiary/aromatic N) is 1. The molecule has 0 aliphatic carbocycles. The van der Waals surface area contributed by atoms with Gasteiger partial charge in [-0.15, -0.1) is 0 Å². The van der Waals surface area contributed by atoms with Crippen LogP contribution < -0.4 is 10.1 Å². The second-order valence-corrected chi connectivity index (χ2v) is 8.06.